The van der Waals surface area contributed by atoms with Gasteiger partial charge >= 0.3 is 0 Å². The van der Waals surface area contributed by atoms with Gasteiger partial charge in [-0.05, 0) is 47.9 Å². The highest BCUT2D eigenvalue weighted by Crippen LogP contribution is 2.31. The number of hydrogen-bond donors (Lipinski definition) is 2. The quantitative estimate of drug-likeness (QED) is 0.888. The number of rotatable bonds is 5. The zero-order valence-corrected chi connectivity index (χ0v) is 13.3. The second kappa shape index (κ2) is 6.12. The SMILES string of the molecule is Cc1c(C(=O)NCC(C)(C)CCO)sc2ccc(F)cc12. The Morgan fingerprint density at radius 3 is 2.81 bits per heavy atom. The van der Waals surface area contributed by atoms with E-state index >= 15 is 0 Å². The van der Waals surface area contributed by atoms with Gasteiger partial charge in [0.05, 0.1) is 4.88 Å². The Morgan fingerprint density at radius 1 is 1.43 bits per heavy atom. The maximum absolute atomic E-state index is 13.3. The van der Waals surface area contributed by atoms with Gasteiger partial charge in [0, 0.05) is 17.9 Å². The molecule has 0 aliphatic carbocycles. The number of carbonyl (C=O) groups is 1. The van der Waals surface area contributed by atoms with E-state index in [9.17, 15) is 9.18 Å². The van der Waals surface area contributed by atoms with Crippen LogP contribution in [0.3, 0.4) is 0 Å². The molecule has 0 spiro atoms. The predicted octanol–water partition coefficient (Wildman–Crippen LogP) is 3.49. The molecule has 3 nitrogen and oxygen atoms in total. The average Bonchev–Trinajstić information content (AvgIpc) is 2.73. The highest BCUT2D eigenvalue weighted by Gasteiger charge is 2.21. The molecular formula is C16H20FNO2S. The van der Waals surface area contributed by atoms with Crippen LogP contribution in [0.5, 0.6) is 0 Å². The first kappa shape index (κ1) is 15.9. The fourth-order valence-corrected chi connectivity index (χ4v) is 3.31. The third-order valence-corrected chi connectivity index (χ3v) is 4.89. The van der Waals surface area contributed by atoms with Gasteiger partial charge in [0.25, 0.3) is 5.91 Å². The molecule has 0 aliphatic heterocycles. The minimum atomic E-state index is -0.292. The second-order valence-electron chi connectivity index (χ2n) is 6.02. The topological polar surface area (TPSA) is 49.3 Å². The molecule has 5 heteroatoms. The lowest BCUT2D eigenvalue weighted by Gasteiger charge is -2.23. The van der Waals surface area contributed by atoms with E-state index in [1.807, 2.05) is 20.8 Å². The third kappa shape index (κ3) is 3.60. The molecular weight excluding hydrogens is 289 g/mol. The molecule has 0 aliphatic rings. The van der Waals surface area contributed by atoms with Crippen molar-refractivity contribution < 1.29 is 14.3 Å². The van der Waals surface area contributed by atoms with Gasteiger partial charge in [0.15, 0.2) is 0 Å². The van der Waals surface area contributed by atoms with E-state index in [1.54, 1.807) is 6.07 Å². The number of benzene rings is 1. The summed E-state index contributed by atoms with van der Waals surface area (Å²) in [6.45, 7) is 6.43. The lowest BCUT2D eigenvalue weighted by atomic mass is 9.90. The minimum absolute atomic E-state index is 0.101. The van der Waals surface area contributed by atoms with Crippen LogP contribution in [0, 0.1) is 18.2 Å². The molecule has 0 fully saturated rings. The van der Waals surface area contributed by atoms with Crippen LogP contribution < -0.4 is 5.32 Å². The number of amides is 1. The van der Waals surface area contributed by atoms with Gasteiger partial charge in [-0.2, -0.15) is 0 Å². The summed E-state index contributed by atoms with van der Waals surface area (Å²) in [5.74, 6) is -0.431. The summed E-state index contributed by atoms with van der Waals surface area (Å²) >= 11 is 1.38. The first-order chi connectivity index (χ1) is 9.84. The average molecular weight is 309 g/mol. The largest absolute Gasteiger partial charge is 0.396 e. The molecule has 1 aromatic heterocycles. The van der Waals surface area contributed by atoms with Crippen molar-refractivity contribution in [2.75, 3.05) is 13.2 Å². The van der Waals surface area contributed by atoms with E-state index in [0.29, 0.717) is 17.8 Å². The molecule has 0 atom stereocenters. The van der Waals surface area contributed by atoms with E-state index < -0.39 is 0 Å². The number of thiophene rings is 1. The van der Waals surface area contributed by atoms with Crippen LogP contribution in [0.4, 0.5) is 4.39 Å². The van der Waals surface area contributed by atoms with Crippen LogP contribution >= 0.6 is 11.3 Å². The zero-order valence-electron chi connectivity index (χ0n) is 12.5. The van der Waals surface area contributed by atoms with Crippen LogP contribution in [-0.2, 0) is 0 Å². The summed E-state index contributed by atoms with van der Waals surface area (Å²) in [5, 5.41) is 12.7. The molecule has 0 bridgehead atoms. The molecule has 2 aromatic rings. The fourth-order valence-electron chi connectivity index (χ4n) is 2.20. The monoisotopic (exact) mass is 309 g/mol. The molecule has 0 saturated heterocycles. The number of fused-ring (bicyclic) bond motifs is 1. The van der Waals surface area contributed by atoms with E-state index in [2.05, 4.69) is 5.32 Å². The smallest absolute Gasteiger partial charge is 0.261 e. The molecule has 2 rings (SSSR count). The maximum atomic E-state index is 13.3. The number of halogens is 1. The Kier molecular flexibility index (Phi) is 4.64. The number of aryl methyl sites for hydroxylation is 1. The van der Waals surface area contributed by atoms with Crippen molar-refractivity contribution in [2.45, 2.75) is 27.2 Å². The van der Waals surface area contributed by atoms with E-state index in [-0.39, 0.29) is 23.7 Å². The first-order valence-corrected chi connectivity index (χ1v) is 7.73. The van der Waals surface area contributed by atoms with Crippen LogP contribution in [0.25, 0.3) is 10.1 Å². The van der Waals surface area contributed by atoms with E-state index in [4.69, 9.17) is 5.11 Å². The predicted molar refractivity (Wildman–Crippen MR) is 84.3 cm³/mol. The molecule has 1 heterocycles. The van der Waals surface area contributed by atoms with Gasteiger partial charge in [-0.25, -0.2) is 4.39 Å². The van der Waals surface area contributed by atoms with Crippen LogP contribution in [0.15, 0.2) is 18.2 Å². The lowest BCUT2D eigenvalue weighted by molar-refractivity contribution is 0.0932. The minimum Gasteiger partial charge on any atom is -0.396 e. The van der Waals surface area contributed by atoms with Crippen molar-refractivity contribution >= 4 is 27.3 Å². The molecule has 1 amide bonds. The van der Waals surface area contributed by atoms with Crippen LogP contribution in [0.1, 0.15) is 35.5 Å². The van der Waals surface area contributed by atoms with Crippen LogP contribution in [0.2, 0.25) is 0 Å². The number of nitrogens with one attached hydrogen (secondary N) is 1. The lowest BCUT2D eigenvalue weighted by Crippen LogP contribution is -2.34. The Hall–Kier alpha value is -1.46. The van der Waals surface area contributed by atoms with Gasteiger partial charge in [-0.15, -0.1) is 11.3 Å². The van der Waals surface area contributed by atoms with Crippen molar-refractivity contribution in [1.29, 1.82) is 0 Å². The molecule has 0 radical (unpaired) electrons. The summed E-state index contributed by atoms with van der Waals surface area (Å²) in [5.41, 5.74) is 0.660. The Bertz CT molecular complexity index is 664. The summed E-state index contributed by atoms with van der Waals surface area (Å²) in [4.78, 5) is 12.9. The van der Waals surface area contributed by atoms with Crippen molar-refractivity contribution in [3.63, 3.8) is 0 Å². The fraction of sp³-hybridized carbons (Fsp3) is 0.438. The highest BCUT2D eigenvalue weighted by molar-refractivity contribution is 7.21. The molecule has 21 heavy (non-hydrogen) atoms. The number of aliphatic hydroxyl groups excluding tert-OH is 1. The number of carbonyl (C=O) groups excluding carboxylic acids is 1. The van der Waals surface area contributed by atoms with Gasteiger partial charge in [-0.3, -0.25) is 4.79 Å². The van der Waals surface area contributed by atoms with E-state index in [1.165, 1.54) is 23.5 Å². The van der Waals surface area contributed by atoms with Crippen LogP contribution in [-0.4, -0.2) is 24.2 Å². The normalized spacial score (nSPS) is 11.9. The zero-order chi connectivity index (χ0) is 15.6. The van der Waals surface area contributed by atoms with Crippen molar-refractivity contribution in [3.8, 4) is 0 Å². The molecule has 0 unspecified atom stereocenters. The highest BCUT2D eigenvalue weighted by atomic mass is 32.1. The first-order valence-electron chi connectivity index (χ1n) is 6.92. The van der Waals surface area contributed by atoms with E-state index in [0.717, 1.165) is 15.6 Å². The van der Waals surface area contributed by atoms with Gasteiger partial charge in [0.2, 0.25) is 0 Å². The summed E-state index contributed by atoms with van der Waals surface area (Å²) in [6, 6.07) is 4.58. The standard InChI is InChI=1S/C16H20FNO2S/c1-10-12-8-11(17)4-5-13(12)21-14(10)15(20)18-9-16(2,3)6-7-19/h4-5,8,19H,6-7,9H2,1-3H3,(H,18,20). The molecule has 2 N–H and O–H groups in total. The Balaban J connectivity index is 2.18. The maximum Gasteiger partial charge on any atom is 0.261 e. The third-order valence-electron chi connectivity index (χ3n) is 3.62. The Morgan fingerprint density at radius 2 is 2.14 bits per heavy atom. The Labute approximate surface area is 127 Å². The summed E-state index contributed by atoms with van der Waals surface area (Å²) in [6.07, 6.45) is 0.629. The van der Waals surface area contributed by atoms with Crippen molar-refractivity contribution in [2.24, 2.45) is 5.41 Å². The van der Waals surface area contributed by atoms with Gasteiger partial charge < -0.3 is 10.4 Å². The van der Waals surface area contributed by atoms with Crippen molar-refractivity contribution in [3.05, 3.63) is 34.5 Å². The van der Waals surface area contributed by atoms with Gasteiger partial charge in [0.1, 0.15) is 5.82 Å². The molecule has 0 saturated carbocycles. The summed E-state index contributed by atoms with van der Waals surface area (Å²) < 4.78 is 14.2. The second-order valence-corrected chi connectivity index (χ2v) is 7.07. The number of hydrogen-bond acceptors (Lipinski definition) is 3. The van der Waals surface area contributed by atoms with Crippen molar-refractivity contribution in [1.82, 2.24) is 5.32 Å². The molecule has 114 valence electrons. The van der Waals surface area contributed by atoms with Gasteiger partial charge in [-0.1, -0.05) is 13.8 Å². The molecule has 1 aromatic carbocycles. The number of aliphatic hydroxyl groups is 1. The summed E-state index contributed by atoms with van der Waals surface area (Å²) in [7, 11) is 0.